The van der Waals surface area contributed by atoms with Crippen LogP contribution in [0.15, 0.2) is 36.8 Å². The fraction of sp³-hybridized carbons (Fsp3) is 0.421. The van der Waals surface area contributed by atoms with Crippen molar-refractivity contribution in [3.8, 4) is 17.3 Å². The van der Waals surface area contributed by atoms with Gasteiger partial charge in [-0.2, -0.15) is 23.5 Å². The Hall–Kier alpha value is -3.06. The molecule has 0 radical (unpaired) electrons. The topological polar surface area (TPSA) is 104 Å². The maximum atomic E-state index is 13.8. The Morgan fingerprint density at radius 3 is 2.41 bits per heavy atom. The van der Waals surface area contributed by atoms with Crippen molar-refractivity contribution in [1.29, 1.82) is 5.26 Å². The van der Waals surface area contributed by atoms with Crippen LogP contribution < -0.4 is 10.6 Å². The third-order valence-electron chi connectivity index (χ3n) is 4.10. The van der Waals surface area contributed by atoms with E-state index in [0.29, 0.717) is 11.3 Å². The number of nitrogens with zero attached hydrogens (tertiary/aromatic N) is 4. The van der Waals surface area contributed by atoms with Gasteiger partial charge in [-0.3, -0.25) is 10.1 Å². The number of benzene rings is 1. The van der Waals surface area contributed by atoms with Crippen molar-refractivity contribution in [1.82, 2.24) is 25.8 Å². The van der Waals surface area contributed by atoms with Crippen LogP contribution in [0.25, 0.3) is 11.3 Å². The van der Waals surface area contributed by atoms with E-state index >= 15 is 0 Å². The first-order valence-corrected chi connectivity index (χ1v) is 8.92. The van der Waals surface area contributed by atoms with Crippen molar-refractivity contribution in [3.05, 3.63) is 42.4 Å². The monoisotopic (exact) mass is 406 g/mol. The number of carbonyl (C=O) groups is 1. The molecule has 2 N–H and O–H groups in total. The molecule has 2 aromatic rings. The Morgan fingerprint density at radius 1 is 1.21 bits per heavy atom. The van der Waals surface area contributed by atoms with Gasteiger partial charge in [0.05, 0.1) is 24.0 Å². The van der Waals surface area contributed by atoms with Gasteiger partial charge in [0, 0.05) is 5.56 Å². The number of alkyl halides is 3. The highest BCUT2D eigenvalue weighted by atomic mass is 19.4. The molecule has 0 bridgehead atoms. The smallest absolute Gasteiger partial charge is 0.342 e. The van der Waals surface area contributed by atoms with Crippen LogP contribution in [0.3, 0.4) is 0 Å². The number of rotatable bonds is 8. The molecule has 2 rings (SSSR count). The van der Waals surface area contributed by atoms with Crippen LogP contribution >= 0.6 is 0 Å². The SMILES string of the molecule is CC(C)C[C@H](NC(c1ccc(-c2cnncn2)cc1)C(F)(F)F)C(=O)NCC#N. The van der Waals surface area contributed by atoms with E-state index in [4.69, 9.17) is 5.26 Å². The second kappa shape index (κ2) is 9.93. The average molecular weight is 406 g/mol. The van der Waals surface area contributed by atoms with Gasteiger partial charge in [-0.05, 0) is 17.9 Å². The minimum Gasteiger partial charge on any atom is -0.342 e. The van der Waals surface area contributed by atoms with E-state index < -0.39 is 24.2 Å². The van der Waals surface area contributed by atoms with E-state index in [1.54, 1.807) is 19.9 Å². The van der Waals surface area contributed by atoms with E-state index in [1.165, 1.54) is 36.8 Å². The van der Waals surface area contributed by atoms with E-state index in [1.807, 2.05) is 0 Å². The number of carbonyl (C=O) groups excluding carboxylic acids is 1. The molecule has 1 unspecified atom stereocenters. The molecule has 2 atom stereocenters. The lowest BCUT2D eigenvalue weighted by Crippen LogP contribution is -2.49. The van der Waals surface area contributed by atoms with Gasteiger partial charge >= 0.3 is 6.18 Å². The van der Waals surface area contributed by atoms with Gasteiger partial charge in [-0.1, -0.05) is 38.1 Å². The first kappa shape index (κ1) is 22.2. The largest absolute Gasteiger partial charge is 0.407 e. The van der Waals surface area contributed by atoms with Gasteiger partial charge in [0.2, 0.25) is 5.91 Å². The van der Waals surface area contributed by atoms with Gasteiger partial charge in [-0.15, -0.1) is 5.10 Å². The predicted octanol–water partition coefficient (Wildman–Crippen LogP) is 2.79. The van der Waals surface area contributed by atoms with Gasteiger partial charge in [-0.25, -0.2) is 4.98 Å². The third-order valence-corrected chi connectivity index (χ3v) is 4.10. The third kappa shape index (κ3) is 6.50. The summed E-state index contributed by atoms with van der Waals surface area (Å²) in [6.07, 6.45) is -1.77. The zero-order valence-corrected chi connectivity index (χ0v) is 15.9. The summed E-state index contributed by atoms with van der Waals surface area (Å²) in [5, 5.41) is 20.6. The van der Waals surface area contributed by atoms with Crippen LogP contribution in [-0.2, 0) is 4.79 Å². The molecule has 1 aromatic heterocycles. The van der Waals surface area contributed by atoms with E-state index in [2.05, 4.69) is 25.8 Å². The van der Waals surface area contributed by atoms with Crippen LogP contribution in [0.4, 0.5) is 13.2 Å². The molecule has 0 saturated carbocycles. The Labute approximate surface area is 166 Å². The van der Waals surface area contributed by atoms with Crippen molar-refractivity contribution in [2.75, 3.05) is 6.54 Å². The Kier molecular flexibility index (Phi) is 7.61. The lowest BCUT2D eigenvalue weighted by atomic mass is 9.98. The lowest BCUT2D eigenvalue weighted by molar-refractivity contribution is -0.161. The van der Waals surface area contributed by atoms with E-state index in [9.17, 15) is 18.0 Å². The second-order valence-corrected chi connectivity index (χ2v) is 6.81. The summed E-state index contributed by atoms with van der Waals surface area (Å²) in [4.78, 5) is 16.3. The highest BCUT2D eigenvalue weighted by Gasteiger charge is 2.42. The molecule has 1 amide bonds. The fourth-order valence-electron chi connectivity index (χ4n) is 2.79. The Balaban J connectivity index is 2.28. The molecule has 1 aromatic carbocycles. The van der Waals surface area contributed by atoms with Gasteiger partial charge in [0.15, 0.2) is 0 Å². The number of nitriles is 1. The van der Waals surface area contributed by atoms with Gasteiger partial charge in [0.1, 0.15) is 18.9 Å². The van der Waals surface area contributed by atoms with Crippen molar-refractivity contribution in [2.45, 2.75) is 38.5 Å². The summed E-state index contributed by atoms with van der Waals surface area (Å²) < 4.78 is 41.3. The van der Waals surface area contributed by atoms with Crippen molar-refractivity contribution in [2.24, 2.45) is 5.92 Å². The average Bonchev–Trinajstić information content (AvgIpc) is 2.69. The normalized spacial score (nSPS) is 13.6. The molecule has 29 heavy (non-hydrogen) atoms. The number of nitrogens with one attached hydrogen (secondary N) is 2. The molecule has 0 aliphatic carbocycles. The van der Waals surface area contributed by atoms with Crippen LogP contribution in [0, 0.1) is 17.2 Å². The van der Waals surface area contributed by atoms with Crippen molar-refractivity contribution in [3.63, 3.8) is 0 Å². The van der Waals surface area contributed by atoms with Gasteiger partial charge < -0.3 is 5.32 Å². The maximum absolute atomic E-state index is 13.8. The summed E-state index contributed by atoms with van der Waals surface area (Å²) in [6, 6.07) is 4.29. The van der Waals surface area contributed by atoms with E-state index in [-0.39, 0.29) is 24.4 Å². The molecule has 154 valence electrons. The Morgan fingerprint density at radius 2 is 1.90 bits per heavy atom. The molecule has 0 fully saturated rings. The molecule has 7 nitrogen and oxygen atoms in total. The van der Waals surface area contributed by atoms with Crippen molar-refractivity contribution < 1.29 is 18.0 Å². The highest BCUT2D eigenvalue weighted by molar-refractivity contribution is 5.82. The van der Waals surface area contributed by atoms with Gasteiger partial charge in [0.25, 0.3) is 0 Å². The zero-order chi connectivity index (χ0) is 21.4. The minimum atomic E-state index is -4.62. The number of hydrogen-bond donors (Lipinski definition) is 2. The summed E-state index contributed by atoms with van der Waals surface area (Å²) in [5.74, 6) is -0.667. The second-order valence-electron chi connectivity index (χ2n) is 6.81. The highest BCUT2D eigenvalue weighted by Crippen LogP contribution is 2.34. The summed E-state index contributed by atoms with van der Waals surface area (Å²) in [6.45, 7) is 3.34. The number of aromatic nitrogens is 3. The number of hydrogen-bond acceptors (Lipinski definition) is 6. The first-order valence-electron chi connectivity index (χ1n) is 8.92. The summed E-state index contributed by atoms with van der Waals surface area (Å²) in [5.41, 5.74) is 1.04. The predicted molar refractivity (Wildman–Crippen MR) is 99.1 cm³/mol. The standard InChI is InChI=1S/C19H21F3N6O/c1-12(2)9-15(18(29)24-8-7-23)28-17(19(20,21)22)14-5-3-13(4-6-14)16-10-26-27-11-25-16/h3-6,10-12,15,17,28H,8-9H2,1-2H3,(H,24,29)/t15-,17?/m0/s1. The van der Waals surface area contributed by atoms with E-state index in [0.717, 1.165) is 0 Å². The molecule has 1 heterocycles. The molecule has 0 saturated heterocycles. The summed E-state index contributed by atoms with van der Waals surface area (Å²) in [7, 11) is 0. The molecular formula is C19H21F3N6O. The number of halogens is 3. The van der Waals surface area contributed by atoms with Crippen LogP contribution in [-0.4, -0.2) is 39.9 Å². The molecule has 0 aliphatic heterocycles. The maximum Gasteiger partial charge on any atom is 0.407 e. The molecular weight excluding hydrogens is 385 g/mol. The number of amides is 1. The quantitative estimate of drug-likeness (QED) is 0.654. The first-order chi connectivity index (χ1) is 13.7. The Bertz CT molecular complexity index is 834. The lowest BCUT2D eigenvalue weighted by Gasteiger charge is -2.28. The fourth-order valence-corrected chi connectivity index (χ4v) is 2.79. The van der Waals surface area contributed by atoms with Crippen LogP contribution in [0.2, 0.25) is 0 Å². The molecule has 0 spiro atoms. The minimum absolute atomic E-state index is 0.0261. The molecule has 10 heteroatoms. The summed E-state index contributed by atoms with van der Waals surface area (Å²) >= 11 is 0. The molecule has 0 aliphatic rings. The van der Waals surface area contributed by atoms with Crippen LogP contribution in [0.5, 0.6) is 0 Å². The van der Waals surface area contributed by atoms with Crippen LogP contribution in [0.1, 0.15) is 31.9 Å². The zero-order valence-electron chi connectivity index (χ0n) is 15.9. The van der Waals surface area contributed by atoms with Crippen molar-refractivity contribution >= 4 is 5.91 Å².